The van der Waals surface area contributed by atoms with Crippen LogP contribution in [0.15, 0.2) is 24.3 Å². The van der Waals surface area contributed by atoms with E-state index in [1.54, 1.807) is 0 Å². The molecule has 1 aromatic rings. The van der Waals surface area contributed by atoms with E-state index < -0.39 is 0 Å². The van der Waals surface area contributed by atoms with E-state index in [1.165, 1.54) is 11.1 Å². The lowest BCUT2D eigenvalue weighted by Crippen LogP contribution is -1.96. The molecule has 0 saturated heterocycles. The summed E-state index contributed by atoms with van der Waals surface area (Å²) in [5, 5.41) is 0. The zero-order chi connectivity index (χ0) is 8.97. The zero-order valence-corrected chi connectivity index (χ0v) is 8.45. The molecule has 0 N–H and O–H groups in total. The van der Waals surface area contributed by atoms with Crippen LogP contribution in [0.4, 0.5) is 0 Å². The van der Waals surface area contributed by atoms with Gasteiger partial charge in [-0.3, -0.25) is 0 Å². The second-order valence-corrected chi connectivity index (χ2v) is 3.63. The fourth-order valence-corrected chi connectivity index (χ4v) is 1.23. The first-order valence-corrected chi connectivity index (χ1v) is 4.70. The minimum absolute atomic E-state index is 0.951. The van der Waals surface area contributed by atoms with Crippen LogP contribution in [0.2, 0.25) is 0 Å². The summed E-state index contributed by atoms with van der Waals surface area (Å²) in [6.45, 7) is 4.21. The van der Waals surface area contributed by atoms with Crippen molar-refractivity contribution in [3.8, 4) is 0 Å². The molecule has 0 aromatic heterocycles. The van der Waals surface area contributed by atoms with Gasteiger partial charge in [-0.15, -0.1) is 0 Å². The molecule has 1 rings (SSSR count). The molecule has 0 heterocycles. The van der Waals surface area contributed by atoms with Gasteiger partial charge in [0.05, 0.1) is 0 Å². The molecule has 0 unspecified atom stereocenters. The molecule has 1 aromatic carbocycles. The van der Waals surface area contributed by atoms with E-state index in [1.807, 2.05) is 0 Å². The van der Waals surface area contributed by atoms with Crippen LogP contribution in [0.25, 0.3) is 0 Å². The maximum Gasteiger partial charge on any atom is 0.00381 e. The summed E-state index contributed by atoms with van der Waals surface area (Å²) in [5.74, 6) is 0. The third-order valence-electron chi connectivity index (χ3n) is 1.92. The smallest absolute Gasteiger partial charge is 0.00381 e. The van der Waals surface area contributed by atoms with Gasteiger partial charge in [0.1, 0.15) is 0 Å². The Hall–Kier alpha value is -0.690. The first-order chi connectivity index (χ1) is 5.72. The predicted octanol–water partition coefficient (Wildman–Crippen LogP) is 3.32. The third kappa shape index (κ3) is 2.74. The van der Waals surface area contributed by atoms with Gasteiger partial charge in [0.15, 0.2) is 0 Å². The SMILES string of the molecule is CCC(=S)Cc1ccc(C)cc1. The van der Waals surface area contributed by atoms with Crippen molar-refractivity contribution >= 4 is 17.1 Å². The maximum atomic E-state index is 5.17. The van der Waals surface area contributed by atoms with Crippen molar-refractivity contribution in [2.24, 2.45) is 0 Å². The maximum absolute atomic E-state index is 5.17. The molecular weight excluding hydrogens is 164 g/mol. The number of hydrogen-bond donors (Lipinski definition) is 0. The Kier molecular flexibility index (Phi) is 3.42. The van der Waals surface area contributed by atoms with Gasteiger partial charge < -0.3 is 0 Å². The van der Waals surface area contributed by atoms with E-state index in [0.717, 1.165) is 17.7 Å². The molecule has 0 atom stereocenters. The quantitative estimate of drug-likeness (QED) is 0.640. The Labute approximate surface area is 79.6 Å². The molecule has 12 heavy (non-hydrogen) atoms. The lowest BCUT2D eigenvalue weighted by atomic mass is 10.1. The monoisotopic (exact) mass is 178 g/mol. The summed E-state index contributed by atoms with van der Waals surface area (Å²) in [7, 11) is 0. The molecule has 0 radical (unpaired) electrons. The first-order valence-electron chi connectivity index (χ1n) is 4.29. The molecule has 0 amide bonds. The Morgan fingerprint density at radius 2 is 1.83 bits per heavy atom. The van der Waals surface area contributed by atoms with Crippen LogP contribution in [-0.4, -0.2) is 4.86 Å². The van der Waals surface area contributed by atoms with Crippen molar-refractivity contribution < 1.29 is 0 Å². The predicted molar refractivity (Wildman–Crippen MR) is 57.8 cm³/mol. The summed E-state index contributed by atoms with van der Waals surface area (Å²) in [5.41, 5.74) is 2.63. The lowest BCUT2D eigenvalue weighted by molar-refractivity contribution is 1.22. The topological polar surface area (TPSA) is 0 Å². The number of hydrogen-bond acceptors (Lipinski definition) is 1. The van der Waals surface area contributed by atoms with Crippen LogP contribution in [0.3, 0.4) is 0 Å². The molecule has 0 nitrogen and oxygen atoms in total. The third-order valence-corrected chi connectivity index (χ3v) is 2.35. The van der Waals surface area contributed by atoms with Crippen LogP contribution >= 0.6 is 12.2 Å². The molecule has 0 saturated carbocycles. The number of benzene rings is 1. The van der Waals surface area contributed by atoms with Gasteiger partial charge in [0.25, 0.3) is 0 Å². The van der Waals surface area contributed by atoms with Gasteiger partial charge >= 0.3 is 0 Å². The van der Waals surface area contributed by atoms with Crippen molar-refractivity contribution in [1.82, 2.24) is 0 Å². The summed E-state index contributed by atoms with van der Waals surface area (Å²) >= 11 is 5.17. The van der Waals surface area contributed by atoms with Crippen molar-refractivity contribution in [2.75, 3.05) is 0 Å². The lowest BCUT2D eigenvalue weighted by Gasteiger charge is -2.01. The minimum atomic E-state index is 0.951. The van der Waals surface area contributed by atoms with E-state index in [9.17, 15) is 0 Å². The van der Waals surface area contributed by atoms with Gasteiger partial charge in [0.2, 0.25) is 0 Å². The second-order valence-electron chi connectivity index (χ2n) is 3.05. The van der Waals surface area contributed by atoms with Crippen LogP contribution < -0.4 is 0 Å². The molecular formula is C11H14S. The van der Waals surface area contributed by atoms with Gasteiger partial charge in [-0.2, -0.15) is 0 Å². The second kappa shape index (κ2) is 4.36. The highest BCUT2D eigenvalue weighted by Crippen LogP contribution is 2.05. The van der Waals surface area contributed by atoms with Crippen LogP contribution in [-0.2, 0) is 6.42 Å². The van der Waals surface area contributed by atoms with Crippen molar-refractivity contribution in [1.29, 1.82) is 0 Å². The molecule has 0 spiro atoms. The Balaban J connectivity index is 2.64. The number of aryl methyl sites for hydroxylation is 1. The molecule has 64 valence electrons. The minimum Gasteiger partial charge on any atom is -0.0893 e. The Morgan fingerprint density at radius 1 is 1.25 bits per heavy atom. The summed E-state index contributed by atoms with van der Waals surface area (Å²) in [6, 6.07) is 8.57. The standard InChI is InChI=1S/C11H14S/c1-3-11(12)8-10-6-4-9(2)5-7-10/h4-7H,3,8H2,1-2H3. The summed E-state index contributed by atoms with van der Waals surface area (Å²) < 4.78 is 0. The molecule has 0 bridgehead atoms. The molecule has 0 aliphatic heterocycles. The van der Waals surface area contributed by atoms with Gasteiger partial charge in [-0.25, -0.2) is 0 Å². The number of thiocarbonyl (C=S) groups is 1. The average Bonchev–Trinajstić information content (AvgIpc) is 2.09. The number of rotatable bonds is 3. The Bertz CT molecular complexity index is 259. The van der Waals surface area contributed by atoms with Gasteiger partial charge in [0, 0.05) is 6.42 Å². The zero-order valence-electron chi connectivity index (χ0n) is 7.63. The van der Waals surface area contributed by atoms with Crippen molar-refractivity contribution in [3.63, 3.8) is 0 Å². The molecule has 1 heteroatoms. The first kappa shape index (κ1) is 9.40. The highest BCUT2D eigenvalue weighted by Gasteiger charge is 1.95. The molecule has 0 aliphatic carbocycles. The fraction of sp³-hybridized carbons (Fsp3) is 0.364. The van der Waals surface area contributed by atoms with E-state index in [0.29, 0.717) is 0 Å². The highest BCUT2D eigenvalue weighted by molar-refractivity contribution is 7.80. The van der Waals surface area contributed by atoms with E-state index in [4.69, 9.17) is 12.2 Å². The average molecular weight is 178 g/mol. The van der Waals surface area contributed by atoms with Crippen LogP contribution in [0.5, 0.6) is 0 Å². The van der Waals surface area contributed by atoms with E-state index >= 15 is 0 Å². The van der Waals surface area contributed by atoms with Crippen LogP contribution in [0.1, 0.15) is 24.5 Å². The van der Waals surface area contributed by atoms with Gasteiger partial charge in [-0.1, -0.05) is 49.0 Å². The summed E-state index contributed by atoms with van der Waals surface area (Å²) in [4.78, 5) is 1.14. The molecule has 0 fully saturated rings. The highest BCUT2D eigenvalue weighted by atomic mass is 32.1. The van der Waals surface area contributed by atoms with Gasteiger partial charge in [-0.05, 0) is 23.8 Å². The van der Waals surface area contributed by atoms with Crippen molar-refractivity contribution in [2.45, 2.75) is 26.7 Å². The fourth-order valence-electron chi connectivity index (χ4n) is 1.06. The van der Waals surface area contributed by atoms with E-state index in [2.05, 4.69) is 38.1 Å². The Morgan fingerprint density at radius 3 is 2.33 bits per heavy atom. The largest absolute Gasteiger partial charge is 0.0893 e. The van der Waals surface area contributed by atoms with E-state index in [-0.39, 0.29) is 0 Å². The van der Waals surface area contributed by atoms with Crippen LogP contribution in [0, 0.1) is 6.92 Å². The summed E-state index contributed by atoms with van der Waals surface area (Å²) in [6.07, 6.45) is 1.95. The molecule has 0 aliphatic rings. The normalized spacial score (nSPS) is 9.83. The van der Waals surface area contributed by atoms with Crippen molar-refractivity contribution in [3.05, 3.63) is 35.4 Å².